The van der Waals surface area contributed by atoms with E-state index in [-0.39, 0.29) is 24.3 Å². The Balaban J connectivity index is 1.89. The number of thiol groups is 1. The van der Waals surface area contributed by atoms with Crippen molar-refractivity contribution >= 4 is 30.4 Å². The summed E-state index contributed by atoms with van der Waals surface area (Å²) in [5.41, 5.74) is 0.756. The first kappa shape index (κ1) is 24.9. The SMILES string of the molecule is O=C(CS)OCC[C@@H](Oc1ccccc1)[C@H](OC(=O)Nc1ccccc1)c1ccc(O)c(F)c1. The number of phenolic OH excluding ortho intramolecular Hbond substituents is 1. The smallest absolute Gasteiger partial charge is 0.412 e. The number of ether oxygens (including phenoxy) is 3. The average molecular weight is 486 g/mol. The third-order valence-electron chi connectivity index (χ3n) is 4.72. The van der Waals surface area contributed by atoms with Crippen molar-refractivity contribution < 1.29 is 33.3 Å². The number of phenols is 1. The van der Waals surface area contributed by atoms with Crippen LogP contribution in [0.5, 0.6) is 11.5 Å². The molecule has 9 heteroatoms. The summed E-state index contributed by atoms with van der Waals surface area (Å²) in [5.74, 6) is -1.55. The molecule has 2 N–H and O–H groups in total. The maximum Gasteiger partial charge on any atom is 0.412 e. The van der Waals surface area contributed by atoms with Gasteiger partial charge in [0.25, 0.3) is 0 Å². The Labute approximate surface area is 201 Å². The molecule has 34 heavy (non-hydrogen) atoms. The van der Waals surface area contributed by atoms with E-state index < -0.39 is 35.8 Å². The van der Waals surface area contributed by atoms with Crippen LogP contribution in [-0.4, -0.2) is 35.6 Å². The molecule has 2 atom stereocenters. The predicted molar refractivity (Wildman–Crippen MR) is 128 cm³/mol. The second kappa shape index (κ2) is 12.5. The number of nitrogens with one attached hydrogen (secondary N) is 1. The van der Waals surface area contributed by atoms with Gasteiger partial charge in [-0.3, -0.25) is 10.1 Å². The minimum Gasteiger partial charge on any atom is -0.505 e. The molecule has 7 nitrogen and oxygen atoms in total. The van der Waals surface area contributed by atoms with E-state index in [1.165, 1.54) is 6.07 Å². The predicted octanol–water partition coefficient (Wildman–Crippen LogP) is 5.13. The summed E-state index contributed by atoms with van der Waals surface area (Å²) in [5, 5.41) is 12.2. The first-order chi connectivity index (χ1) is 16.5. The maximum absolute atomic E-state index is 14.2. The number of carbonyl (C=O) groups excluding carboxylic acids is 2. The summed E-state index contributed by atoms with van der Waals surface area (Å²) in [6.45, 7) is -0.0440. The number of amides is 1. The van der Waals surface area contributed by atoms with Crippen LogP contribution in [0.2, 0.25) is 0 Å². The van der Waals surface area contributed by atoms with Crippen molar-refractivity contribution in [3.63, 3.8) is 0 Å². The lowest BCUT2D eigenvalue weighted by Gasteiger charge is -2.28. The Bertz CT molecular complexity index is 1080. The minimum atomic E-state index is -1.10. The van der Waals surface area contributed by atoms with Gasteiger partial charge in [-0.25, -0.2) is 9.18 Å². The van der Waals surface area contributed by atoms with Crippen molar-refractivity contribution in [3.8, 4) is 11.5 Å². The Morgan fingerprint density at radius 1 is 1.00 bits per heavy atom. The third-order valence-corrected chi connectivity index (χ3v) is 4.98. The van der Waals surface area contributed by atoms with Gasteiger partial charge in [-0.05, 0) is 42.0 Å². The van der Waals surface area contributed by atoms with Crippen LogP contribution in [0.1, 0.15) is 18.1 Å². The molecule has 0 aliphatic heterocycles. The van der Waals surface area contributed by atoms with Gasteiger partial charge >= 0.3 is 12.1 Å². The molecule has 0 radical (unpaired) electrons. The lowest BCUT2D eigenvalue weighted by atomic mass is 10.0. The molecule has 0 fully saturated rings. The zero-order chi connectivity index (χ0) is 24.3. The molecule has 178 valence electrons. The van der Waals surface area contributed by atoms with Gasteiger partial charge in [0.1, 0.15) is 11.9 Å². The normalized spacial score (nSPS) is 12.3. The fourth-order valence-electron chi connectivity index (χ4n) is 3.12. The molecule has 0 heterocycles. The Kier molecular flexibility index (Phi) is 9.16. The molecule has 0 bridgehead atoms. The molecule has 0 saturated carbocycles. The van der Waals surface area contributed by atoms with Crippen molar-refractivity contribution in [2.45, 2.75) is 18.6 Å². The molecule has 0 aromatic heterocycles. The maximum atomic E-state index is 14.2. The van der Waals surface area contributed by atoms with Crippen LogP contribution in [0, 0.1) is 5.82 Å². The quantitative estimate of drug-likeness (QED) is 0.272. The van der Waals surface area contributed by atoms with Crippen molar-refractivity contribution in [2.75, 3.05) is 17.7 Å². The molecule has 0 unspecified atom stereocenters. The van der Waals surface area contributed by atoms with Crippen molar-refractivity contribution in [3.05, 3.63) is 90.2 Å². The van der Waals surface area contributed by atoms with Gasteiger partial charge in [-0.1, -0.05) is 42.5 Å². The number of carbonyl (C=O) groups is 2. The second-order valence-electron chi connectivity index (χ2n) is 7.16. The van der Waals surface area contributed by atoms with Gasteiger partial charge in [0.05, 0.1) is 12.4 Å². The number of hydrogen-bond donors (Lipinski definition) is 3. The van der Waals surface area contributed by atoms with Gasteiger partial charge in [0, 0.05) is 12.1 Å². The summed E-state index contributed by atoms with van der Waals surface area (Å²) in [6, 6.07) is 21.1. The monoisotopic (exact) mass is 485 g/mol. The van der Waals surface area contributed by atoms with Crippen LogP contribution in [0.15, 0.2) is 78.9 Å². The number of aromatic hydroxyl groups is 1. The first-order valence-corrected chi connectivity index (χ1v) is 11.1. The summed E-state index contributed by atoms with van der Waals surface area (Å²) < 4.78 is 31.1. The fourth-order valence-corrected chi connectivity index (χ4v) is 3.21. The van der Waals surface area contributed by atoms with Gasteiger partial charge in [-0.15, -0.1) is 0 Å². The van der Waals surface area contributed by atoms with E-state index in [0.717, 1.165) is 12.1 Å². The van der Waals surface area contributed by atoms with E-state index in [1.54, 1.807) is 54.6 Å². The molecular weight excluding hydrogens is 461 g/mol. The zero-order valence-corrected chi connectivity index (χ0v) is 19.0. The topological polar surface area (TPSA) is 94.1 Å². The molecule has 3 rings (SSSR count). The summed E-state index contributed by atoms with van der Waals surface area (Å²) in [6.07, 6.45) is -2.63. The van der Waals surface area contributed by atoms with E-state index in [9.17, 15) is 19.1 Å². The van der Waals surface area contributed by atoms with E-state index in [4.69, 9.17) is 14.2 Å². The molecule has 0 aliphatic carbocycles. The van der Waals surface area contributed by atoms with E-state index in [2.05, 4.69) is 17.9 Å². The van der Waals surface area contributed by atoms with Crippen LogP contribution >= 0.6 is 12.6 Å². The van der Waals surface area contributed by atoms with Crippen LogP contribution in [-0.2, 0) is 14.3 Å². The Hall–Kier alpha value is -3.72. The standard InChI is InChI=1S/C25H24FNO6S/c26-20-15-17(11-12-21(20)28)24(33-25(30)27-18-7-3-1-4-8-18)22(13-14-31-23(29)16-34)32-19-9-5-2-6-10-19/h1-12,15,22,24,28,34H,13-14,16H2,(H,27,30)/t22-,24-/m1/s1. The van der Waals surface area contributed by atoms with Gasteiger partial charge in [-0.2, -0.15) is 12.6 Å². The number of halogens is 1. The highest BCUT2D eigenvalue weighted by Crippen LogP contribution is 2.30. The van der Waals surface area contributed by atoms with E-state index >= 15 is 0 Å². The zero-order valence-electron chi connectivity index (χ0n) is 18.1. The highest BCUT2D eigenvalue weighted by molar-refractivity contribution is 7.81. The fraction of sp³-hybridized carbons (Fsp3) is 0.200. The van der Waals surface area contributed by atoms with Gasteiger partial charge < -0.3 is 19.3 Å². The van der Waals surface area contributed by atoms with Gasteiger partial charge in [0.15, 0.2) is 17.7 Å². The van der Waals surface area contributed by atoms with Crippen LogP contribution in [0.25, 0.3) is 0 Å². The second-order valence-corrected chi connectivity index (χ2v) is 7.48. The van der Waals surface area contributed by atoms with E-state index in [0.29, 0.717) is 11.4 Å². The van der Waals surface area contributed by atoms with Crippen LogP contribution in [0.4, 0.5) is 14.9 Å². The molecular formula is C25H24FNO6S. The first-order valence-electron chi connectivity index (χ1n) is 10.5. The van der Waals surface area contributed by atoms with Crippen molar-refractivity contribution in [1.29, 1.82) is 0 Å². The van der Waals surface area contributed by atoms with Crippen molar-refractivity contribution in [2.24, 2.45) is 0 Å². The van der Waals surface area contributed by atoms with Crippen LogP contribution < -0.4 is 10.1 Å². The summed E-state index contributed by atoms with van der Waals surface area (Å²) >= 11 is 3.88. The molecule has 1 amide bonds. The number of benzene rings is 3. The van der Waals surface area contributed by atoms with E-state index in [1.807, 2.05) is 6.07 Å². The highest BCUT2D eigenvalue weighted by atomic mass is 32.1. The summed E-state index contributed by atoms with van der Waals surface area (Å²) in [7, 11) is 0. The largest absolute Gasteiger partial charge is 0.505 e. The lowest BCUT2D eigenvalue weighted by molar-refractivity contribution is -0.141. The Morgan fingerprint density at radius 2 is 1.68 bits per heavy atom. The van der Waals surface area contributed by atoms with Crippen LogP contribution in [0.3, 0.4) is 0 Å². The molecule has 0 saturated heterocycles. The number of anilines is 1. The average Bonchev–Trinajstić information content (AvgIpc) is 2.85. The van der Waals surface area contributed by atoms with Crippen molar-refractivity contribution in [1.82, 2.24) is 0 Å². The highest BCUT2D eigenvalue weighted by Gasteiger charge is 2.30. The van der Waals surface area contributed by atoms with Gasteiger partial charge in [0.2, 0.25) is 0 Å². The molecule has 3 aromatic carbocycles. The number of para-hydroxylation sites is 2. The summed E-state index contributed by atoms with van der Waals surface area (Å²) in [4.78, 5) is 24.2. The Morgan fingerprint density at radius 3 is 2.32 bits per heavy atom. The third kappa shape index (κ3) is 7.41. The number of rotatable bonds is 10. The molecule has 0 spiro atoms. The molecule has 3 aromatic rings. The number of hydrogen-bond acceptors (Lipinski definition) is 7. The number of esters is 1. The minimum absolute atomic E-state index is 0.0440. The lowest BCUT2D eigenvalue weighted by Crippen LogP contribution is -2.32. The molecule has 0 aliphatic rings.